The number of rotatable bonds is 5. The van der Waals surface area contributed by atoms with Crippen LogP contribution >= 0.6 is 0 Å². The highest BCUT2D eigenvalue weighted by molar-refractivity contribution is 5.46. The summed E-state index contributed by atoms with van der Waals surface area (Å²) in [5, 5.41) is 6.53. The van der Waals surface area contributed by atoms with Gasteiger partial charge in [-0.05, 0) is 19.9 Å². The Morgan fingerprint density at radius 3 is 2.61 bits per heavy atom. The van der Waals surface area contributed by atoms with Gasteiger partial charge in [-0.15, -0.1) is 0 Å². The molecule has 128 valence electrons. The first-order valence-corrected chi connectivity index (χ1v) is 8.12. The molecule has 8 heteroatoms. The predicted molar refractivity (Wildman–Crippen MR) is 85.5 cm³/mol. The molecule has 0 bridgehead atoms. The van der Waals surface area contributed by atoms with Crippen molar-refractivity contribution in [3.63, 3.8) is 0 Å². The van der Waals surface area contributed by atoms with Crippen LogP contribution in [0.5, 0.6) is 0 Å². The van der Waals surface area contributed by atoms with Crippen molar-refractivity contribution in [2.75, 3.05) is 30.8 Å². The van der Waals surface area contributed by atoms with Crippen LogP contribution in [-0.2, 0) is 6.54 Å². The lowest BCUT2D eigenvalue weighted by molar-refractivity contribution is -0.0405. The smallest absolute Gasteiger partial charge is 0.248 e. The Balaban J connectivity index is 1.55. The van der Waals surface area contributed by atoms with Gasteiger partial charge in [0.15, 0.2) is 0 Å². The van der Waals surface area contributed by atoms with Crippen molar-refractivity contribution in [2.24, 2.45) is 0 Å². The first-order chi connectivity index (χ1) is 10.9. The summed E-state index contributed by atoms with van der Waals surface area (Å²) in [5.74, 6) is -1.41. The number of halogens is 2. The van der Waals surface area contributed by atoms with Crippen molar-refractivity contribution >= 4 is 11.8 Å². The third-order valence-corrected chi connectivity index (χ3v) is 4.69. The Kier molecular flexibility index (Phi) is 4.63. The number of anilines is 2. The van der Waals surface area contributed by atoms with Gasteiger partial charge in [-0.1, -0.05) is 0 Å². The summed E-state index contributed by atoms with van der Waals surface area (Å²) in [6, 6.07) is 2.52. The molecule has 0 atom stereocenters. The minimum absolute atomic E-state index is 0.0407. The summed E-state index contributed by atoms with van der Waals surface area (Å²) in [4.78, 5) is 10.7. The van der Waals surface area contributed by atoms with Gasteiger partial charge in [-0.2, -0.15) is 4.98 Å². The van der Waals surface area contributed by atoms with Crippen molar-refractivity contribution < 1.29 is 8.78 Å². The van der Waals surface area contributed by atoms with Crippen LogP contribution in [0.2, 0.25) is 0 Å². The molecule has 4 N–H and O–H groups in total. The van der Waals surface area contributed by atoms with E-state index in [0.29, 0.717) is 25.4 Å². The largest absolute Gasteiger partial charge is 0.368 e. The molecule has 2 fully saturated rings. The minimum atomic E-state index is -2.49. The van der Waals surface area contributed by atoms with Crippen LogP contribution in [0.25, 0.3) is 0 Å². The fourth-order valence-corrected chi connectivity index (χ4v) is 3.10. The highest BCUT2D eigenvalue weighted by Gasteiger charge is 2.34. The van der Waals surface area contributed by atoms with Crippen LogP contribution in [0, 0.1) is 0 Å². The van der Waals surface area contributed by atoms with E-state index in [2.05, 4.69) is 25.5 Å². The average molecular weight is 326 g/mol. The summed E-state index contributed by atoms with van der Waals surface area (Å²) in [7, 11) is 1.94. The van der Waals surface area contributed by atoms with Gasteiger partial charge in [-0.3, -0.25) is 0 Å². The number of alkyl halides is 2. The third kappa shape index (κ3) is 4.06. The third-order valence-electron chi connectivity index (χ3n) is 4.69. The van der Waals surface area contributed by atoms with Crippen LogP contribution < -0.4 is 21.3 Å². The molecule has 0 unspecified atom stereocenters. The number of hydrogen-bond donors (Lipinski definition) is 3. The van der Waals surface area contributed by atoms with Crippen molar-refractivity contribution in [1.29, 1.82) is 0 Å². The first-order valence-electron chi connectivity index (χ1n) is 8.12. The number of nitrogens with one attached hydrogen (secondary N) is 2. The van der Waals surface area contributed by atoms with Crippen LogP contribution in [0.15, 0.2) is 6.07 Å². The number of nitrogens with zero attached hydrogens (tertiary/aromatic N) is 3. The molecule has 1 saturated heterocycles. The fraction of sp³-hybridized carbons (Fsp3) is 0.733. The van der Waals surface area contributed by atoms with E-state index < -0.39 is 5.92 Å². The second-order valence-electron chi connectivity index (χ2n) is 6.48. The van der Waals surface area contributed by atoms with Gasteiger partial charge in [0.05, 0.1) is 5.69 Å². The Morgan fingerprint density at radius 1 is 1.26 bits per heavy atom. The van der Waals surface area contributed by atoms with Crippen molar-refractivity contribution in [3.8, 4) is 0 Å². The Bertz CT molecular complexity index is 537. The lowest BCUT2D eigenvalue weighted by atomic mass is 9.92. The zero-order valence-corrected chi connectivity index (χ0v) is 13.4. The number of nitrogens with two attached hydrogens (primary N) is 1. The zero-order valence-electron chi connectivity index (χ0n) is 13.4. The molecular weight excluding hydrogens is 302 g/mol. The Morgan fingerprint density at radius 2 is 1.96 bits per heavy atom. The normalized spacial score (nSPS) is 22.1. The number of nitrogen functional groups attached to an aromatic ring is 1. The molecule has 0 radical (unpaired) electrons. The molecule has 1 aliphatic heterocycles. The van der Waals surface area contributed by atoms with Gasteiger partial charge in [0.25, 0.3) is 0 Å². The van der Waals surface area contributed by atoms with E-state index in [1.54, 1.807) is 0 Å². The quantitative estimate of drug-likeness (QED) is 0.753. The topological polar surface area (TPSA) is 79.1 Å². The summed E-state index contributed by atoms with van der Waals surface area (Å²) in [6.45, 7) is 2.33. The molecule has 6 nitrogen and oxygen atoms in total. The van der Waals surface area contributed by atoms with Gasteiger partial charge in [-0.25, -0.2) is 13.8 Å². The van der Waals surface area contributed by atoms with E-state index in [4.69, 9.17) is 5.73 Å². The van der Waals surface area contributed by atoms with Crippen LogP contribution in [-0.4, -0.2) is 48.1 Å². The van der Waals surface area contributed by atoms with E-state index in [1.807, 2.05) is 13.1 Å². The van der Waals surface area contributed by atoms with Crippen LogP contribution in [0.4, 0.5) is 20.5 Å². The van der Waals surface area contributed by atoms with Gasteiger partial charge >= 0.3 is 0 Å². The monoisotopic (exact) mass is 326 g/mol. The number of aromatic nitrogens is 2. The minimum Gasteiger partial charge on any atom is -0.368 e. The molecule has 0 amide bonds. The van der Waals surface area contributed by atoms with E-state index >= 15 is 0 Å². The highest BCUT2D eigenvalue weighted by atomic mass is 19.3. The molecule has 23 heavy (non-hydrogen) atoms. The molecule has 2 heterocycles. The summed E-state index contributed by atoms with van der Waals surface area (Å²) < 4.78 is 26.3. The molecule has 0 spiro atoms. The van der Waals surface area contributed by atoms with Crippen molar-refractivity contribution in [1.82, 2.24) is 20.6 Å². The molecule has 1 aliphatic carbocycles. The SMILES string of the molecule is CNC1CN(c2cc(CNC3CCC(F)(F)CC3)nc(N)n2)C1. The van der Waals surface area contributed by atoms with E-state index in [1.165, 1.54) is 0 Å². The van der Waals surface area contributed by atoms with Crippen LogP contribution in [0.1, 0.15) is 31.4 Å². The summed E-state index contributed by atoms with van der Waals surface area (Å²) in [6.07, 6.45) is 0.912. The molecule has 2 aliphatic rings. The van der Waals surface area contributed by atoms with E-state index in [0.717, 1.165) is 24.6 Å². The summed E-state index contributed by atoms with van der Waals surface area (Å²) >= 11 is 0. The molecule has 1 aromatic rings. The van der Waals surface area contributed by atoms with Crippen LogP contribution in [0.3, 0.4) is 0 Å². The van der Waals surface area contributed by atoms with Gasteiger partial charge < -0.3 is 21.3 Å². The number of hydrogen-bond acceptors (Lipinski definition) is 6. The Hall–Kier alpha value is -1.54. The summed E-state index contributed by atoms with van der Waals surface area (Å²) in [5.41, 5.74) is 6.60. The zero-order chi connectivity index (χ0) is 16.4. The van der Waals surface area contributed by atoms with E-state index in [9.17, 15) is 8.78 Å². The van der Waals surface area contributed by atoms with Gasteiger partial charge in [0, 0.05) is 50.6 Å². The second-order valence-corrected chi connectivity index (χ2v) is 6.48. The van der Waals surface area contributed by atoms with Gasteiger partial charge in [0.1, 0.15) is 5.82 Å². The molecule has 0 aromatic carbocycles. The maximum absolute atomic E-state index is 13.2. The van der Waals surface area contributed by atoms with Crippen molar-refractivity contribution in [3.05, 3.63) is 11.8 Å². The molecule has 1 saturated carbocycles. The molecule has 3 rings (SSSR count). The van der Waals surface area contributed by atoms with Gasteiger partial charge in [0.2, 0.25) is 11.9 Å². The van der Waals surface area contributed by atoms with E-state index in [-0.39, 0.29) is 24.8 Å². The fourth-order valence-electron chi connectivity index (χ4n) is 3.10. The molecule has 1 aromatic heterocycles. The maximum Gasteiger partial charge on any atom is 0.248 e. The molecular formula is C15H24F2N6. The highest BCUT2D eigenvalue weighted by Crippen LogP contribution is 2.33. The lowest BCUT2D eigenvalue weighted by Gasteiger charge is -2.40. The standard InChI is InChI=1S/C15H24F2N6/c1-19-12-8-23(9-12)13-6-11(21-14(18)22-13)7-20-10-2-4-15(16,17)5-3-10/h6,10,12,19-20H,2-5,7-9H2,1H3,(H2,18,21,22). The average Bonchev–Trinajstić information content (AvgIpc) is 2.44. The maximum atomic E-state index is 13.2. The lowest BCUT2D eigenvalue weighted by Crippen LogP contribution is -2.57. The number of likely N-dealkylation sites (N-methyl/N-ethyl adjacent to an activating group) is 1. The first kappa shape index (κ1) is 16.3. The predicted octanol–water partition coefficient (Wildman–Crippen LogP) is 1.13. The Labute approximate surface area is 134 Å². The van der Waals surface area contributed by atoms with Crippen molar-refractivity contribution in [2.45, 2.75) is 50.2 Å². The second kappa shape index (κ2) is 6.52.